The molecule has 0 bridgehead atoms. The third kappa shape index (κ3) is 4.04. The number of nitrogens with zero attached hydrogens (tertiary/aromatic N) is 2. The fraction of sp³-hybridized carbons (Fsp3) is 0.0833. The second kappa shape index (κ2) is 8.76. The number of ether oxygens (including phenoxy) is 1. The van der Waals surface area contributed by atoms with Crippen LogP contribution in [-0.2, 0) is 14.3 Å². The van der Waals surface area contributed by atoms with Gasteiger partial charge in [-0.15, -0.1) is 0 Å². The topological polar surface area (TPSA) is 97.1 Å². The number of hydrogen-bond acceptors (Lipinski definition) is 6. The molecule has 0 aliphatic carbocycles. The van der Waals surface area contributed by atoms with Crippen LogP contribution in [0.25, 0.3) is 17.4 Å². The van der Waals surface area contributed by atoms with E-state index in [1.807, 2.05) is 0 Å². The summed E-state index contributed by atoms with van der Waals surface area (Å²) in [7, 11) is 2.57. The maximum atomic E-state index is 13.0. The molecule has 0 atom stereocenters. The summed E-state index contributed by atoms with van der Waals surface area (Å²) in [5.41, 5.74) is 0.917. The maximum Gasteiger partial charge on any atom is 0.339 e. The summed E-state index contributed by atoms with van der Waals surface area (Å²) in [5.74, 6) is -1.42. The molecule has 1 saturated heterocycles. The molecular weight excluding hydrogens is 448 g/mol. The number of barbiturate groups is 1. The van der Waals surface area contributed by atoms with Gasteiger partial charge in [0.15, 0.2) is 0 Å². The number of carbonyl (C=O) groups excluding carboxylic acids is 4. The minimum atomic E-state index is -0.752. The van der Waals surface area contributed by atoms with Gasteiger partial charge in [-0.2, -0.15) is 0 Å². The van der Waals surface area contributed by atoms with Gasteiger partial charge in [-0.25, -0.2) is 14.5 Å². The van der Waals surface area contributed by atoms with E-state index in [1.165, 1.54) is 26.3 Å². The van der Waals surface area contributed by atoms with Crippen LogP contribution in [0.3, 0.4) is 0 Å². The Hall–Kier alpha value is -4.17. The highest BCUT2D eigenvalue weighted by molar-refractivity contribution is 6.39. The van der Waals surface area contributed by atoms with Gasteiger partial charge in [0.05, 0.1) is 23.4 Å². The van der Waals surface area contributed by atoms with Crippen molar-refractivity contribution in [3.8, 4) is 11.3 Å². The number of rotatable bonds is 4. The molecule has 3 aromatic rings. The van der Waals surface area contributed by atoms with Gasteiger partial charge in [0.2, 0.25) is 0 Å². The molecule has 166 valence electrons. The number of anilines is 1. The Balaban J connectivity index is 1.67. The van der Waals surface area contributed by atoms with Crippen LogP contribution in [-0.4, -0.2) is 42.9 Å². The molecule has 2 heterocycles. The van der Waals surface area contributed by atoms with E-state index in [-0.39, 0.29) is 21.9 Å². The molecule has 1 aliphatic heterocycles. The van der Waals surface area contributed by atoms with Crippen molar-refractivity contribution in [1.29, 1.82) is 0 Å². The van der Waals surface area contributed by atoms with Gasteiger partial charge in [0.1, 0.15) is 17.1 Å². The summed E-state index contributed by atoms with van der Waals surface area (Å²) in [6.07, 6.45) is 1.29. The lowest BCUT2D eigenvalue weighted by atomic mass is 10.1. The highest BCUT2D eigenvalue weighted by Crippen LogP contribution is 2.30. The van der Waals surface area contributed by atoms with Crippen molar-refractivity contribution in [2.24, 2.45) is 0 Å². The SMILES string of the molecule is COC(=O)c1ccc(-c2ccc(/C=C3\C(=O)N(C)C(=O)N(c4ccccc4)C3=O)o2)cc1Cl. The Morgan fingerprint density at radius 2 is 1.73 bits per heavy atom. The van der Waals surface area contributed by atoms with Crippen LogP contribution >= 0.6 is 11.6 Å². The summed E-state index contributed by atoms with van der Waals surface area (Å²) in [4.78, 5) is 51.8. The fourth-order valence-corrected chi connectivity index (χ4v) is 3.57. The number of halogens is 1. The zero-order valence-electron chi connectivity index (χ0n) is 17.6. The average molecular weight is 465 g/mol. The monoisotopic (exact) mass is 464 g/mol. The number of carbonyl (C=O) groups is 4. The molecule has 0 spiro atoms. The van der Waals surface area contributed by atoms with E-state index in [0.29, 0.717) is 17.0 Å². The van der Waals surface area contributed by atoms with Crippen molar-refractivity contribution in [2.45, 2.75) is 0 Å². The quantitative estimate of drug-likeness (QED) is 0.322. The van der Waals surface area contributed by atoms with Crippen molar-refractivity contribution in [3.63, 3.8) is 0 Å². The molecule has 9 heteroatoms. The molecule has 33 heavy (non-hydrogen) atoms. The molecule has 4 amide bonds. The molecule has 1 aromatic heterocycles. The predicted molar refractivity (Wildman–Crippen MR) is 121 cm³/mol. The standard InChI is InChI=1S/C24H17ClN2O6/c1-26-21(28)18(22(29)27(24(26)31)15-6-4-3-5-7-15)13-16-9-11-20(33-16)14-8-10-17(19(25)12-14)23(30)32-2/h3-13H,1-2H3/b18-13+. The molecule has 0 radical (unpaired) electrons. The zero-order chi connectivity index (χ0) is 23.7. The summed E-state index contributed by atoms with van der Waals surface area (Å²) in [5, 5.41) is 0.187. The largest absolute Gasteiger partial charge is 0.465 e. The van der Waals surface area contributed by atoms with E-state index < -0.39 is 23.8 Å². The Morgan fingerprint density at radius 1 is 1.00 bits per heavy atom. The van der Waals surface area contributed by atoms with E-state index in [1.54, 1.807) is 54.6 Å². The summed E-state index contributed by atoms with van der Waals surface area (Å²) >= 11 is 6.17. The first-order valence-corrected chi connectivity index (χ1v) is 10.1. The van der Waals surface area contributed by atoms with Crippen molar-refractivity contribution >= 4 is 47.2 Å². The molecule has 0 saturated carbocycles. The molecule has 0 unspecified atom stereocenters. The molecule has 2 aromatic carbocycles. The van der Waals surface area contributed by atoms with E-state index in [9.17, 15) is 19.2 Å². The van der Waals surface area contributed by atoms with Gasteiger partial charge in [-0.05, 0) is 42.5 Å². The van der Waals surface area contributed by atoms with Gasteiger partial charge < -0.3 is 9.15 Å². The number of imide groups is 2. The Morgan fingerprint density at radius 3 is 2.39 bits per heavy atom. The van der Waals surface area contributed by atoms with E-state index in [2.05, 4.69) is 4.74 Å². The highest BCUT2D eigenvalue weighted by Gasteiger charge is 2.41. The summed E-state index contributed by atoms with van der Waals surface area (Å²) in [6, 6.07) is 15.5. The van der Waals surface area contributed by atoms with Crippen LogP contribution in [0.4, 0.5) is 10.5 Å². The normalized spacial score (nSPS) is 15.4. The Bertz CT molecular complexity index is 1310. The fourth-order valence-electron chi connectivity index (χ4n) is 3.32. The van der Waals surface area contributed by atoms with Crippen molar-refractivity contribution in [3.05, 3.63) is 82.6 Å². The minimum Gasteiger partial charge on any atom is -0.465 e. The number of para-hydroxylation sites is 1. The smallest absolute Gasteiger partial charge is 0.339 e. The number of hydrogen-bond donors (Lipinski definition) is 0. The molecule has 0 N–H and O–H groups in total. The van der Waals surface area contributed by atoms with Crippen molar-refractivity contribution in [2.75, 3.05) is 19.1 Å². The molecule has 1 fully saturated rings. The van der Waals surface area contributed by atoms with E-state index in [4.69, 9.17) is 16.0 Å². The summed E-state index contributed by atoms with van der Waals surface area (Å²) in [6.45, 7) is 0. The van der Waals surface area contributed by atoms with Crippen LogP contribution in [0.15, 0.2) is 70.7 Å². The molecule has 8 nitrogen and oxygen atoms in total. The number of methoxy groups -OCH3 is 1. The third-order valence-electron chi connectivity index (χ3n) is 5.03. The third-order valence-corrected chi connectivity index (χ3v) is 5.35. The number of esters is 1. The average Bonchev–Trinajstić information content (AvgIpc) is 3.29. The van der Waals surface area contributed by atoms with Crippen LogP contribution < -0.4 is 4.90 Å². The van der Waals surface area contributed by atoms with E-state index >= 15 is 0 Å². The number of likely N-dealkylation sites (N-methyl/N-ethyl adjacent to an activating group) is 1. The zero-order valence-corrected chi connectivity index (χ0v) is 18.3. The van der Waals surface area contributed by atoms with Gasteiger partial charge in [-0.1, -0.05) is 35.9 Å². The first-order valence-electron chi connectivity index (χ1n) is 9.73. The maximum absolute atomic E-state index is 13.0. The number of benzene rings is 2. The van der Waals surface area contributed by atoms with Gasteiger partial charge in [-0.3, -0.25) is 14.5 Å². The van der Waals surface area contributed by atoms with Gasteiger partial charge in [0.25, 0.3) is 11.8 Å². The van der Waals surface area contributed by atoms with Gasteiger partial charge >= 0.3 is 12.0 Å². The lowest BCUT2D eigenvalue weighted by Crippen LogP contribution is -2.55. The van der Waals surface area contributed by atoms with Crippen molar-refractivity contribution in [1.82, 2.24) is 4.90 Å². The second-order valence-corrected chi connectivity index (χ2v) is 7.48. The van der Waals surface area contributed by atoms with Crippen molar-refractivity contribution < 1.29 is 28.3 Å². The predicted octanol–water partition coefficient (Wildman–Crippen LogP) is 4.40. The van der Waals surface area contributed by atoms with Crippen LogP contribution in [0.1, 0.15) is 16.1 Å². The summed E-state index contributed by atoms with van der Waals surface area (Å²) < 4.78 is 10.5. The lowest BCUT2D eigenvalue weighted by molar-refractivity contribution is -0.128. The first-order chi connectivity index (χ1) is 15.8. The van der Waals surface area contributed by atoms with Crippen LogP contribution in [0.2, 0.25) is 5.02 Å². The number of urea groups is 1. The highest BCUT2D eigenvalue weighted by atomic mass is 35.5. The second-order valence-electron chi connectivity index (χ2n) is 7.07. The Labute approximate surface area is 193 Å². The van der Waals surface area contributed by atoms with E-state index in [0.717, 1.165) is 9.80 Å². The van der Waals surface area contributed by atoms with Crippen LogP contribution in [0, 0.1) is 0 Å². The Kier molecular flexibility index (Phi) is 5.85. The van der Waals surface area contributed by atoms with Gasteiger partial charge in [0, 0.05) is 12.6 Å². The number of amides is 4. The molecule has 1 aliphatic rings. The lowest BCUT2D eigenvalue weighted by Gasteiger charge is -2.31. The molecule has 4 rings (SSSR count). The first kappa shape index (κ1) is 22.0. The van der Waals surface area contributed by atoms with Crippen LogP contribution in [0.5, 0.6) is 0 Å². The minimum absolute atomic E-state index is 0.187. The molecular formula is C24H17ClN2O6. The number of furan rings is 1.